The summed E-state index contributed by atoms with van der Waals surface area (Å²) < 4.78 is 2.01. The maximum absolute atomic E-state index is 4.56. The van der Waals surface area contributed by atoms with Gasteiger partial charge in [0.25, 0.3) is 0 Å². The molecule has 1 fully saturated rings. The fraction of sp³-hybridized carbons (Fsp3) is 0.786. The van der Waals surface area contributed by atoms with Crippen molar-refractivity contribution in [3.05, 3.63) is 12.3 Å². The molecular formula is C14H25N3. The van der Waals surface area contributed by atoms with Crippen LogP contribution in [-0.2, 0) is 0 Å². The molecule has 0 amide bonds. The third-order valence-corrected chi connectivity index (χ3v) is 3.80. The lowest BCUT2D eigenvalue weighted by Gasteiger charge is -2.18. The van der Waals surface area contributed by atoms with E-state index in [9.17, 15) is 0 Å². The van der Waals surface area contributed by atoms with E-state index in [0.29, 0.717) is 17.5 Å². The number of rotatable bonds is 3. The average molecular weight is 235 g/mol. The highest BCUT2D eigenvalue weighted by Crippen LogP contribution is 2.41. The molecule has 1 N–H and O–H groups in total. The number of hydrogen-bond donors (Lipinski definition) is 1. The van der Waals surface area contributed by atoms with Crippen LogP contribution in [-0.4, -0.2) is 15.8 Å². The SMILES string of the molecule is CC1CC(C)(C)CC1Nc1ccn(C(C)C)n1. The maximum atomic E-state index is 4.56. The minimum absolute atomic E-state index is 0.433. The van der Waals surface area contributed by atoms with Crippen LogP contribution < -0.4 is 5.32 Å². The van der Waals surface area contributed by atoms with Gasteiger partial charge in [0.05, 0.1) is 0 Å². The van der Waals surface area contributed by atoms with Crippen molar-refractivity contribution >= 4 is 5.82 Å². The summed E-state index contributed by atoms with van der Waals surface area (Å²) in [4.78, 5) is 0. The van der Waals surface area contributed by atoms with Crippen molar-refractivity contribution in [3.8, 4) is 0 Å². The molecule has 17 heavy (non-hydrogen) atoms. The zero-order chi connectivity index (χ0) is 12.6. The topological polar surface area (TPSA) is 29.9 Å². The van der Waals surface area contributed by atoms with E-state index in [1.165, 1.54) is 12.8 Å². The highest BCUT2D eigenvalue weighted by atomic mass is 15.3. The molecule has 0 aliphatic heterocycles. The fourth-order valence-corrected chi connectivity index (χ4v) is 2.98. The molecule has 1 aromatic rings. The first-order valence-corrected chi connectivity index (χ1v) is 6.69. The summed E-state index contributed by atoms with van der Waals surface area (Å²) in [5.41, 5.74) is 0.470. The smallest absolute Gasteiger partial charge is 0.148 e. The van der Waals surface area contributed by atoms with Gasteiger partial charge in [0.1, 0.15) is 5.82 Å². The number of anilines is 1. The second-order valence-corrected chi connectivity index (χ2v) is 6.58. The minimum atomic E-state index is 0.433. The first-order valence-electron chi connectivity index (χ1n) is 6.69. The summed E-state index contributed by atoms with van der Waals surface area (Å²) in [6.07, 6.45) is 4.59. The lowest BCUT2D eigenvalue weighted by Crippen LogP contribution is -2.23. The Morgan fingerprint density at radius 1 is 1.41 bits per heavy atom. The summed E-state index contributed by atoms with van der Waals surface area (Å²) in [6, 6.07) is 3.08. The van der Waals surface area contributed by atoms with Gasteiger partial charge in [-0.1, -0.05) is 20.8 Å². The molecule has 1 heterocycles. The van der Waals surface area contributed by atoms with Gasteiger partial charge in [0, 0.05) is 24.3 Å². The van der Waals surface area contributed by atoms with Crippen LogP contribution >= 0.6 is 0 Å². The van der Waals surface area contributed by atoms with Crippen molar-refractivity contribution in [1.82, 2.24) is 9.78 Å². The van der Waals surface area contributed by atoms with Crippen LogP contribution in [0, 0.1) is 11.3 Å². The zero-order valence-electron chi connectivity index (χ0n) is 11.7. The van der Waals surface area contributed by atoms with E-state index in [2.05, 4.69) is 57.3 Å². The average Bonchev–Trinajstić information content (AvgIpc) is 2.72. The van der Waals surface area contributed by atoms with E-state index in [-0.39, 0.29) is 0 Å². The highest BCUT2D eigenvalue weighted by molar-refractivity contribution is 5.34. The summed E-state index contributed by atoms with van der Waals surface area (Å²) in [6.45, 7) is 11.4. The third-order valence-electron chi connectivity index (χ3n) is 3.80. The largest absolute Gasteiger partial charge is 0.366 e. The van der Waals surface area contributed by atoms with E-state index in [4.69, 9.17) is 0 Å². The Bertz CT molecular complexity index is 379. The molecule has 0 aromatic carbocycles. The molecule has 96 valence electrons. The Morgan fingerprint density at radius 3 is 2.59 bits per heavy atom. The molecule has 1 aliphatic rings. The third kappa shape index (κ3) is 2.82. The van der Waals surface area contributed by atoms with Crippen LogP contribution in [0.25, 0.3) is 0 Å². The summed E-state index contributed by atoms with van der Waals surface area (Å²) in [5.74, 6) is 1.75. The first kappa shape index (κ1) is 12.5. The number of hydrogen-bond acceptors (Lipinski definition) is 2. The van der Waals surface area contributed by atoms with Crippen molar-refractivity contribution in [2.75, 3.05) is 5.32 Å². The summed E-state index contributed by atoms with van der Waals surface area (Å²) in [5, 5.41) is 8.15. The molecule has 1 aromatic heterocycles. The Morgan fingerprint density at radius 2 is 2.12 bits per heavy atom. The summed E-state index contributed by atoms with van der Waals surface area (Å²) >= 11 is 0. The van der Waals surface area contributed by atoms with Crippen molar-refractivity contribution in [2.24, 2.45) is 11.3 Å². The molecule has 1 saturated carbocycles. The van der Waals surface area contributed by atoms with Gasteiger partial charge >= 0.3 is 0 Å². The molecule has 3 nitrogen and oxygen atoms in total. The van der Waals surface area contributed by atoms with Crippen LogP contribution in [0.1, 0.15) is 53.5 Å². The molecule has 0 bridgehead atoms. The van der Waals surface area contributed by atoms with Gasteiger partial charge < -0.3 is 5.32 Å². The van der Waals surface area contributed by atoms with Crippen LogP contribution in [0.15, 0.2) is 12.3 Å². The predicted octanol–water partition coefficient (Wildman–Crippen LogP) is 3.70. The maximum Gasteiger partial charge on any atom is 0.148 e. The van der Waals surface area contributed by atoms with E-state index in [1.807, 2.05) is 4.68 Å². The highest BCUT2D eigenvalue weighted by Gasteiger charge is 2.36. The Kier molecular flexibility index (Phi) is 3.19. The zero-order valence-corrected chi connectivity index (χ0v) is 11.7. The first-order chi connectivity index (χ1) is 7.87. The van der Waals surface area contributed by atoms with Crippen LogP contribution in [0.4, 0.5) is 5.82 Å². The van der Waals surface area contributed by atoms with Gasteiger partial charge in [-0.15, -0.1) is 0 Å². The summed E-state index contributed by atoms with van der Waals surface area (Å²) in [7, 11) is 0. The molecule has 2 atom stereocenters. The number of nitrogens with one attached hydrogen (secondary N) is 1. The van der Waals surface area contributed by atoms with Gasteiger partial charge in [-0.05, 0) is 38.0 Å². The normalized spacial score (nSPS) is 27.6. The van der Waals surface area contributed by atoms with E-state index >= 15 is 0 Å². The van der Waals surface area contributed by atoms with E-state index in [0.717, 1.165) is 11.7 Å². The second-order valence-electron chi connectivity index (χ2n) is 6.58. The van der Waals surface area contributed by atoms with Gasteiger partial charge in [-0.3, -0.25) is 4.68 Å². The monoisotopic (exact) mass is 235 g/mol. The molecule has 2 unspecified atom stereocenters. The molecule has 1 aliphatic carbocycles. The Balaban J connectivity index is 2.01. The van der Waals surface area contributed by atoms with Crippen molar-refractivity contribution < 1.29 is 0 Å². The van der Waals surface area contributed by atoms with Gasteiger partial charge in [-0.2, -0.15) is 5.10 Å². The molecule has 2 rings (SSSR count). The lowest BCUT2D eigenvalue weighted by atomic mass is 9.91. The van der Waals surface area contributed by atoms with Crippen molar-refractivity contribution in [2.45, 2.75) is 59.5 Å². The predicted molar refractivity (Wildman–Crippen MR) is 72.2 cm³/mol. The van der Waals surface area contributed by atoms with Crippen LogP contribution in [0.5, 0.6) is 0 Å². The molecular weight excluding hydrogens is 210 g/mol. The quantitative estimate of drug-likeness (QED) is 0.865. The molecule has 0 radical (unpaired) electrons. The van der Waals surface area contributed by atoms with Crippen LogP contribution in [0.2, 0.25) is 0 Å². The Labute approximate surface area is 105 Å². The van der Waals surface area contributed by atoms with E-state index in [1.54, 1.807) is 0 Å². The van der Waals surface area contributed by atoms with Gasteiger partial charge in [0.15, 0.2) is 0 Å². The number of nitrogens with zero attached hydrogens (tertiary/aromatic N) is 2. The van der Waals surface area contributed by atoms with Crippen molar-refractivity contribution in [1.29, 1.82) is 0 Å². The van der Waals surface area contributed by atoms with Gasteiger partial charge in [0.2, 0.25) is 0 Å². The molecule has 3 heteroatoms. The Hall–Kier alpha value is -0.990. The molecule has 0 saturated heterocycles. The minimum Gasteiger partial charge on any atom is -0.366 e. The van der Waals surface area contributed by atoms with Crippen molar-refractivity contribution in [3.63, 3.8) is 0 Å². The van der Waals surface area contributed by atoms with Gasteiger partial charge in [-0.25, -0.2) is 0 Å². The molecule has 0 spiro atoms. The van der Waals surface area contributed by atoms with E-state index < -0.39 is 0 Å². The standard InChI is InChI=1S/C14H25N3/c1-10(2)17-7-6-13(16-17)15-12-9-14(4,5)8-11(12)3/h6-7,10-12H,8-9H2,1-5H3,(H,15,16). The van der Waals surface area contributed by atoms with Crippen LogP contribution in [0.3, 0.4) is 0 Å². The number of aromatic nitrogens is 2. The lowest BCUT2D eigenvalue weighted by molar-refractivity contribution is 0.366. The second kappa shape index (κ2) is 4.35. The fourth-order valence-electron chi connectivity index (χ4n) is 2.98.